The molecule has 2 N–H and O–H groups in total. The molecule has 3 rings (SSSR count). The minimum Gasteiger partial charge on any atom is -0.497 e. The number of carbonyl (C=O) groups is 1. The Morgan fingerprint density at radius 3 is 2.90 bits per heavy atom. The molecule has 0 spiro atoms. The highest BCUT2D eigenvalue weighted by molar-refractivity contribution is 9.10. The Labute approximate surface area is 131 Å². The maximum Gasteiger partial charge on any atom is 0.247 e. The largest absolute Gasteiger partial charge is 0.497 e. The number of halogens is 1. The van der Waals surface area contributed by atoms with E-state index in [0.717, 1.165) is 10.2 Å². The van der Waals surface area contributed by atoms with Gasteiger partial charge in [0, 0.05) is 28.3 Å². The predicted octanol–water partition coefficient (Wildman–Crippen LogP) is 3.43. The molecule has 0 bridgehead atoms. The molecule has 0 unspecified atom stereocenters. The van der Waals surface area contributed by atoms with E-state index in [1.54, 1.807) is 13.2 Å². The zero-order chi connectivity index (χ0) is 14.8. The Morgan fingerprint density at radius 2 is 2.14 bits per heavy atom. The quantitative estimate of drug-likeness (QED) is 0.894. The second-order valence-corrected chi connectivity index (χ2v) is 5.84. The monoisotopic (exact) mass is 346 g/mol. The van der Waals surface area contributed by atoms with Crippen LogP contribution in [0.15, 0.2) is 46.9 Å². The summed E-state index contributed by atoms with van der Waals surface area (Å²) < 4.78 is 6.06. The first-order valence-corrected chi connectivity index (χ1v) is 7.45. The third-order valence-electron chi connectivity index (χ3n) is 3.46. The van der Waals surface area contributed by atoms with E-state index in [4.69, 9.17) is 4.74 Å². The molecule has 1 aliphatic heterocycles. The minimum atomic E-state index is -0.243. The van der Waals surface area contributed by atoms with Gasteiger partial charge in [-0.3, -0.25) is 4.79 Å². The van der Waals surface area contributed by atoms with E-state index < -0.39 is 0 Å². The van der Waals surface area contributed by atoms with Gasteiger partial charge in [0.25, 0.3) is 0 Å². The lowest BCUT2D eigenvalue weighted by molar-refractivity contribution is -0.116. The van der Waals surface area contributed by atoms with Crippen molar-refractivity contribution in [2.24, 2.45) is 0 Å². The molecule has 1 heterocycles. The van der Waals surface area contributed by atoms with Crippen LogP contribution in [0.5, 0.6) is 5.75 Å². The minimum absolute atomic E-state index is 0.0497. The van der Waals surface area contributed by atoms with Crippen molar-refractivity contribution in [3.05, 3.63) is 52.5 Å². The zero-order valence-electron chi connectivity index (χ0n) is 11.5. The molecule has 2 aromatic carbocycles. The van der Waals surface area contributed by atoms with Gasteiger partial charge in [-0.25, -0.2) is 0 Å². The summed E-state index contributed by atoms with van der Waals surface area (Å²) >= 11 is 3.40. The van der Waals surface area contributed by atoms with Gasteiger partial charge in [-0.1, -0.05) is 34.1 Å². The van der Waals surface area contributed by atoms with Crippen molar-refractivity contribution in [1.29, 1.82) is 0 Å². The topological polar surface area (TPSA) is 50.4 Å². The number of anilines is 2. The smallest absolute Gasteiger partial charge is 0.247 e. The van der Waals surface area contributed by atoms with Crippen molar-refractivity contribution in [2.45, 2.75) is 12.5 Å². The third kappa shape index (κ3) is 3.03. The molecular formula is C16H15BrN2O2. The van der Waals surface area contributed by atoms with Crippen molar-refractivity contribution in [3.63, 3.8) is 0 Å². The Balaban J connectivity index is 1.72. The highest BCUT2D eigenvalue weighted by atomic mass is 79.9. The number of amides is 1. The van der Waals surface area contributed by atoms with E-state index in [1.807, 2.05) is 36.4 Å². The van der Waals surface area contributed by atoms with E-state index in [1.165, 1.54) is 5.56 Å². The van der Waals surface area contributed by atoms with Crippen molar-refractivity contribution in [2.75, 3.05) is 17.7 Å². The van der Waals surface area contributed by atoms with Gasteiger partial charge in [0.1, 0.15) is 11.8 Å². The molecule has 0 saturated heterocycles. The van der Waals surface area contributed by atoms with E-state index in [9.17, 15) is 4.79 Å². The molecule has 1 amide bonds. The maximum absolute atomic E-state index is 12.4. The fraction of sp³-hybridized carbons (Fsp3) is 0.188. The Kier molecular flexibility index (Phi) is 3.84. The van der Waals surface area contributed by atoms with Crippen LogP contribution in [-0.2, 0) is 11.2 Å². The van der Waals surface area contributed by atoms with Crippen LogP contribution in [-0.4, -0.2) is 19.1 Å². The number of methoxy groups -OCH3 is 1. The second kappa shape index (κ2) is 5.77. The number of hydrogen-bond acceptors (Lipinski definition) is 3. The standard InChI is InChI=1S/C16H15BrN2O2/c1-21-13-8-11(17)7-12(9-13)18-16(20)15-6-10-4-2-3-5-14(10)19-15/h2-5,7-9,15,19H,6H2,1H3,(H,18,20)/t15-/m0/s1. The summed E-state index contributed by atoms with van der Waals surface area (Å²) in [5, 5.41) is 6.17. The van der Waals surface area contributed by atoms with Crippen LogP contribution in [0.1, 0.15) is 5.56 Å². The second-order valence-electron chi connectivity index (χ2n) is 4.93. The van der Waals surface area contributed by atoms with E-state index >= 15 is 0 Å². The Morgan fingerprint density at radius 1 is 1.33 bits per heavy atom. The number of para-hydroxylation sites is 1. The molecule has 0 radical (unpaired) electrons. The summed E-state index contributed by atoms with van der Waals surface area (Å²) in [6.45, 7) is 0. The van der Waals surface area contributed by atoms with Crippen LogP contribution in [0.4, 0.5) is 11.4 Å². The number of carbonyl (C=O) groups excluding carboxylic acids is 1. The summed E-state index contributed by atoms with van der Waals surface area (Å²) in [6.07, 6.45) is 0.702. The third-order valence-corrected chi connectivity index (χ3v) is 3.92. The van der Waals surface area contributed by atoms with Crippen molar-refractivity contribution >= 4 is 33.2 Å². The first-order valence-electron chi connectivity index (χ1n) is 6.65. The molecule has 0 saturated carbocycles. The first-order chi connectivity index (χ1) is 10.2. The molecule has 1 atom stereocenters. The van der Waals surface area contributed by atoms with Crippen LogP contribution < -0.4 is 15.4 Å². The highest BCUT2D eigenvalue weighted by Gasteiger charge is 2.26. The van der Waals surface area contributed by atoms with Gasteiger partial charge in [-0.2, -0.15) is 0 Å². The SMILES string of the molecule is COc1cc(Br)cc(NC(=O)[C@@H]2Cc3ccccc3N2)c1. The maximum atomic E-state index is 12.4. The van der Waals surface area contributed by atoms with Gasteiger partial charge in [0.2, 0.25) is 5.91 Å². The van der Waals surface area contributed by atoms with Gasteiger partial charge in [-0.15, -0.1) is 0 Å². The first kappa shape index (κ1) is 13.9. The number of nitrogens with one attached hydrogen (secondary N) is 2. The average Bonchev–Trinajstić information content (AvgIpc) is 2.90. The lowest BCUT2D eigenvalue weighted by Crippen LogP contribution is -2.32. The van der Waals surface area contributed by atoms with Crippen molar-refractivity contribution in [1.82, 2.24) is 0 Å². The van der Waals surface area contributed by atoms with E-state index in [0.29, 0.717) is 17.9 Å². The Hall–Kier alpha value is -2.01. The normalized spacial score (nSPS) is 16.0. The van der Waals surface area contributed by atoms with Gasteiger partial charge in [0.15, 0.2) is 0 Å². The van der Waals surface area contributed by atoms with Gasteiger partial charge in [0.05, 0.1) is 7.11 Å². The highest BCUT2D eigenvalue weighted by Crippen LogP contribution is 2.27. The van der Waals surface area contributed by atoms with E-state index in [2.05, 4.69) is 26.6 Å². The summed E-state index contributed by atoms with van der Waals surface area (Å²) in [5.41, 5.74) is 2.91. The molecule has 1 aliphatic rings. The van der Waals surface area contributed by atoms with Crippen molar-refractivity contribution < 1.29 is 9.53 Å². The fourth-order valence-electron chi connectivity index (χ4n) is 2.44. The molecule has 0 aliphatic carbocycles. The summed E-state index contributed by atoms with van der Waals surface area (Å²) in [6, 6.07) is 13.2. The number of fused-ring (bicyclic) bond motifs is 1. The lowest BCUT2D eigenvalue weighted by Gasteiger charge is -2.13. The molecule has 0 aromatic heterocycles. The fourth-order valence-corrected chi connectivity index (χ4v) is 2.91. The molecular weight excluding hydrogens is 332 g/mol. The molecule has 108 valence electrons. The summed E-state index contributed by atoms with van der Waals surface area (Å²) in [4.78, 5) is 12.4. The number of ether oxygens (including phenoxy) is 1. The summed E-state index contributed by atoms with van der Waals surface area (Å²) in [7, 11) is 1.60. The predicted molar refractivity (Wildman–Crippen MR) is 86.9 cm³/mol. The average molecular weight is 347 g/mol. The molecule has 2 aromatic rings. The number of rotatable bonds is 3. The molecule has 5 heteroatoms. The molecule has 0 fully saturated rings. The van der Waals surface area contributed by atoms with E-state index in [-0.39, 0.29) is 11.9 Å². The molecule has 21 heavy (non-hydrogen) atoms. The van der Waals surface area contributed by atoms with Crippen LogP contribution in [0, 0.1) is 0 Å². The molecule has 4 nitrogen and oxygen atoms in total. The Bertz CT molecular complexity index is 663. The van der Waals surface area contributed by atoms with Crippen LogP contribution in [0.3, 0.4) is 0 Å². The van der Waals surface area contributed by atoms with Crippen LogP contribution in [0.2, 0.25) is 0 Å². The van der Waals surface area contributed by atoms with Crippen molar-refractivity contribution in [3.8, 4) is 5.75 Å². The lowest BCUT2D eigenvalue weighted by atomic mass is 10.1. The van der Waals surface area contributed by atoms with Gasteiger partial charge in [-0.05, 0) is 23.8 Å². The van der Waals surface area contributed by atoms with Gasteiger partial charge < -0.3 is 15.4 Å². The zero-order valence-corrected chi connectivity index (χ0v) is 13.1. The summed E-state index contributed by atoms with van der Waals surface area (Å²) in [5.74, 6) is 0.647. The number of hydrogen-bond donors (Lipinski definition) is 2. The van der Waals surface area contributed by atoms with Gasteiger partial charge >= 0.3 is 0 Å². The van der Waals surface area contributed by atoms with Crippen LogP contribution in [0.25, 0.3) is 0 Å². The van der Waals surface area contributed by atoms with Crippen LogP contribution >= 0.6 is 15.9 Å². The number of benzene rings is 2.